The van der Waals surface area contributed by atoms with Crippen LogP contribution in [0.5, 0.6) is 5.75 Å². The van der Waals surface area contributed by atoms with Gasteiger partial charge < -0.3 is 9.64 Å². The summed E-state index contributed by atoms with van der Waals surface area (Å²) in [4.78, 5) is 13.3. The Kier molecular flexibility index (Phi) is 7.53. The third-order valence-corrected chi connectivity index (χ3v) is 3.37. The second-order valence-electron chi connectivity index (χ2n) is 4.76. The van der Waals surface area contributed by atoms with Gasteiger partial charge in [0.25, 0.3) is 0 Å². The molecule has 0 spiro atoms. The minimum Gasteiger partial charge on any atom is -0.493 e. The summed E-state index contributed by atoms with van der Waals surface area (Å²) >= 11 is 0. The Bertz CT molecular complexity index is 378. The highest BCUT2D eigenvalue weighted by molar-refractivity contribution is 5.85. The Morgan fingerprint density at radius 1 is 1.16 bits per heavy atom. The van der Waals surface area contributed by atoms with E-state index in [2.05, 4.69) is 4.90 Å². The van der Waals surface area contributed by atoms with Crippen molar-refractivity contribution in [1.82, 2.24) is 4.90 Å². The lowest BCUT2D eigenvalue weighted by molar-refractivity contribution is 0.111. The predicted octanol–water partition coefficient (Wildman–Crippen LogP) is 3.18. The van der Waals surface area contributed by atoms with Crippen LogP contribution in [-0.4, -0.2) is 37.4 Å². The first-order valence-corrected chi connectivity index (χ1v) is 6.79. The van der Waals surface area contributed by atoms with E-state index in [0.717, 1.165) is 19.3 Å². The minimum atomic E-state index is 0. The minimum absolute atomic E-state index is 0. The number of likely N-dealkylation sites (tertiary alicyclic amines) is 1. The van der Waals surface area contributed by atoms with Gasteiger partial charge in [-0.25, -0.2) is 0 Å². The number of ether oxygens (including phenoxy) is 1. The summed E-state index contributed by atoms with van der Waals surface area (Å²) in [5.74, 6) is 0.700. The Hall–Kier alpha value is -1.06. The highest BCUT2D eigenvalue weighted by Crippen LogP contribution is 2.16. The molecule has 1 aliphatic heterocycles. The molecule has 1 aliphatic rings. The third kappa shape index (κ3) is 5.21. The number of nitrogens with zero attached hydrogens (tertiary/aromatic N) is 1. The smallest absolute Gasteiger partial charge is 0.153 e. The van der Waals surface area contributed by atoms with Crippen LogP contribution < -0.4 is 4.74 Å². The number of hydrogen-bond acceptors (Lipinski definition) is 3. The summed E-state index contributed by atoms with van der Waals surface area (Å²) in [6.07, 6.45) is 5.90. The van der Waals surface area contributed by atoms with Crippen molar-refractivity contribution in [2.45, 2.75) is 25.7 Å². The Labute approximate surface area is 121 Å². The molecule has 106 valence electrons. The van der Waals surface area contributed by atoms with E-state index in [1.165, 1.54) is 32.4 Å². The molecule has 19 heavy (non-hydrogen) atoms. The third-order valence-electron chi connectivity index (χ3n) is 3.37. The molecule has 0 radical (unpaired) electrons. The van der Waals surface area contributed by atoms with Crippen LogP contribution >= 0.6 is 12.4 Å². The SMILES string of the molecule is Cl.O=Cc1ccccc1OCCCN1CCCCC1. The van der Waals surface area contributed by atoms with Gasteiger partial charge in [0.2, 0.25) is 0 Å². The van der Waals surface area contributed by atoms with Crippen LogP contribution in [0.15, 0.2) is 24.3 Å². The van der Waals surface area contributed by atoms with Crippen molar-refractivity contribution >= 4 is 18.7 Å². The van der Waals surface area contributed by atoms with Crippen molar-refractivity contribution in [1.29, 1.82) is 0 Å². The van der Waals surface area contributed by atoms with Crippen molar-refractivity contribution in [3.63, 3.8) is 0 Å². The number of carbonyl (C=O) groups is 1. The fourth-order valence-electron chi connectivity index (χ4n) is 2.36. The number of piperidine rings is 1. The van der Waals surface area contributed by atoms with Crippen LogP contribution in [0.1, 0.15) is 36.0 Å². The topological polar surface area (TPSA) is 29.5 Å². The maximum absolute atomic E-state index is 10.8. The fourth-order valence-corrected chi connectivity index (χ4v) is 2.36. The molecule has 3 nitrogen and oxygen atoms in total. The largest absolute Gasteiger partial charge is 0.493 e. The van der Waals surface area contributed by atoms with Gasteiger partial charge in [0, 0.05) is 6.54 Å². The Morgan fingerprint density at radius 2 is 1.89 bits per heavy atom. The Morgan fingerprint density at radius 3 is 2.63 bits per heavy atom. The van der Waals surface area contributed by atoms with E-state index in [1.54, 1.807) is 6.07 Å². The van der Waals surface area contributed by atoms with E-state index in [1.807, 2.05) is 18.2 Å². The molecule has 0 saturated carbocycles. The number of benzene rings is 1. The van der Waals surface area contributed by atoms with Gasteiger partial charge in [-0.3, -0.25) is 4.79 Å². The quantitative estimate of drug-likeness (QED) is 0.593. The number of rotatable bonds is 6. The van der Waals surface area contributed by atoms with E-state index in [0.29, 0.717) is 17.9 Å². The summed E-state index contributed by atoms with van der Waals surface area (Å²) in [6, 6.07) is 7.38. The van der Waals surface area contributed by atoms with Crippen molar-refractivity contribution in [2.75, 3.05) is 26.2 Å². The number of carbonyl (C=O) groups excluding carboxylic acids is 1. The molecule has 4 heteroatoms. The number of hydrogen-bond donors (Lipinski definition) is 0. The van der Waals surface area contributed by atoms with Crippen LogP contribution in [0, 0.1) is 0 Å². The van der Waals surface area contributed by atoms with Crippen LogP contribution in [0.2, 0.25) is 0 Å². The molecule has 0 bridgehead atoms. The first kappa shape index (κ1) is 16.0. The molecular formula is C15H22ClNO2. The number of halogens is 1. The van der Waals surface area contributed by atoms with Crippen LogP contribution in [0.4, 0.5) is 0 Å². The standard InChI is InChI=1S/C15H21NO2.ClH/c17-13-14-7-2-3-8-15(14)18-12-6-11-16-9-4-1-5-10-16;/h2-3,7-8,13H,1,4-6,9-12H2;1H. The summed E-state index contributed by atoms with van der Waals surface area (Å²) < 4.78 is 5.66. The van der Waals surface area contributed by atoms with E-state index >= 15 is 0 Å². The lowest BCUT2D eigenvalue weighted by atomic mass is 10.1. The van der Waals surface area contributed by atoms with Gasteiger partial charge in [-0.2, -0.15) is 0 Å². The van der Waals surface area contributed by atoms with E-state index in [9.17, 15) is 4.79 Å². The van der Waals surface area contributed by atoms with Crippen molar-refractivity contribution < 1.29 is 9.53 Å². The lowest BCUT2D eigenvalue weighted by Gasteiger charge is -2.26. The zero-order chi connectivity index (χ0) is 12.6. The first-order valence-electron chi connectivity index (χ1n) is 6.79. The summed E-state index contributed by atoms with van der Waals surface area (Å²) in [5, 5.41) is 0. The fraction of sp³-hybridized carbons (Fsp3) is 0.533. The first-order chi connectivity index (χ1) is 8.90. The van der Waals surface area contributed by atoms with Gasteiger partial charge in [-0.1, -0.05) is 18.6 Å². The summed E-state index contributed by atoms with van der Waals surface area (Å²) in [6.45, 7) is 4.24. The summed E-state index contributed by atoms with van der Waals surface area (Å²) in [7, 11) is 0. The van der Waals surface area contributed by atoms with Crippen molar-refractivity contribution in [2.24, 2.45) is 0 Å². The van der Waals surface area contributed by atoms with Crippen LogP contribution in [0.3, 0.4) is 0 Å². The highest BCUT2D eigenvalue weighted by Gasteiger charge is 2.09. The molecule has 1 heterocycles. The van der Waals surface area contributed by atoms with Gasteiger partial charge >= 0.3 is 0 Å². The zero-order valence-corrected chi connectivity index (χ0v) is 12.0. The number of aldehydes is 1. The molecule has 0 atom stereocenters. The van der Waals surface area contributed by atoms with Crippen molar-refractivity contribution in [3.8, 4) is 5.75 Å². The average molecular weight is 284 g/mol. The highest BCUT2D eigenvalue weighted by atomic mass is 35.5. The van der Waals surface area contributed by atoms with E-state index < -0.39 is 0 Å². The maximum Gasteiger partial charge on any atom is 0.153 e. The van der Waals surface area contributed by atoms with Crippen LogP contribution in [0.25, 0.3) is 0 Å². The van der Waals surface area contributed by atoms with E-state index in [4.69, 9.17) is 4.74 Å². The van der Waals surface area contributed by atoms with Gasteiger partial charge in [-0.15, -0.1) is 12.4 Å². The second-order valence-corrected chi connectivity index (χ2v) is 4.76. The van der Waals surface area contributed by atoms with Gasteiger partial charge in [0.1, 0.15) is 5.75 Å². The predicted molar refractivity (Wildman–Crippen MR) is 79.5 cm³/mol. The summed E-state index contributed by atoms with van der Waals surface area (Å²) in [5.41, 5.74) is 0.635. The molecule has 1 fully saturated rings. The molecule has 0 N–H and O–H groups in total. The zero-order valence-electron chi connectivity index (χ0n) is 11.2. The Balaban J connectivity index is 0.00000180. The van der Waals surface area contributed by atoms with Gasteiger partial charge in [0.15, 0.2) is 6.29 Å². The van der Waals surface area contributed by atoms with Gasteiger partial charge in [0.05, 0.1) is 12.2 Å². The number of para-hydroxylation sites is 1. The second kappa shape index (κ2) is 8.94. The molecule has 1 aromatic carbocycles. The normalized spacial score (nSPS) is 15.6. The van der Waals surface area contributed by atoms with Crippen molar-refractivity contribution in [3.05, 3.63) is 29.8 Å². The molecule has 1 aromatic rings. The molecule has 0 aromatic heterocycles. The molecule has 1 saturated heterocycles. The molecule has 0 amide bonds. The van der Waals surface area contributed by atoms with Crippen LogP contribution in [-0.2, 0) is 0 Å². The molecule has 0 unspecified atom stereocenters. The lowest BCUT2D eigenvalue weighted by Crippen LogP contribution is -2.31. The van der Waals surface area contributed by atoms with E-state index in [-0.39, 0.29) is 12.4 Å². The molecule has 2 rings (SSSR count). The molecule has 0 aliphatic carbocycles. The van der Waals surface area contributed by atoms with Gasteiger partial charge in [-0.05, 0) is 44.5 Å². The molecular weight excluding hydrogens is 262 g/mol. The average Bonchev–Trinajstić information content (AvgIpc) is 2.45. The monoisotopic (exact) mass is 283 g/mol. The maximum atomic E-state index is 10.8.